The molecule has 1 aliphatic heterocycles. The second kappa shape index (κ2) is 5.61. The van der Waals surface area contributed by atoms with Crippen LogP contribution in [-0.4, -0.2) is 37.5 Å². The number of hydrogen-bond acceptors (Lipinski definition) is 4. The second-order valence-electron chi connectivity index (χ2n) is 4.91. The van der Waals surface area contributed by atoms with E-state index in [2.05, 4.69) is 52.6 Å². The Hall–Kier alpha value is -1.55. The lowest BCUT2D eigenvalue weighted by Crippen LogP contribution is -2.42. The van der Waals surface area contributed by atoms with Crippen molar-refractivity contribution in [2.24, 2.45) is 4.99 Å². The predicted molar refractivity (Wildman–Crippen MR) is 83.1 cm³/mol. The van der Waals surface area contributed by atoms with Crippen LogP contribution in [0, 0.1) is 0 Å². The van der Waals surface area contributed by atoms with Gasteiger partial charge in [-0.3, -0.25) is 4.99 Å². The molecule has 0 spiro atoms. The summed E-state index contributed by atoms with van der Waals surface area (Å²) in [5.74, 6) is 1.05. The van der Waals surface area contributed by atoms with Crippen LogP contribution in [0.15, 0.2) is 35.3 Å². The molecular formula is C15H19N3S. The minimum absolute atomic E-state index is 0.954. The topological polar surface area (TPSA) is 27.6 Å². The fraction of sp³-hybridized carbons (Fsp3) is 0.400. The second-order valence-corrected chi connectivity index (χ2v) is 6.08. The van der Waals surface area contributed by atoms with Gasteiger partial charge in [-0.2, -0.15) is 0 Å². The highest BCUT2D eigenvalue weighted by atomic mass is 32.1. The van der Waals surface area contributed by atoms with E-state index in [0.717, 1.165) is 38.4 Å². The van der Waals surface area contributed by atoms with Crippen molar-refractivity contribution in [2.75, 3.05) is 26.7 Å². The summed E-state index contributed by atoms with van der Waals surface area (Å²) in [5.41, 5.74) is 0. The summed E-state index contributed by atoms with van der Waals surface area (Å²) < 4.78 is 1.38. The smallest absolute Gasteiger partial charge is 0.193 e. The molecule has 0 amide bonds. The lowest BCUT2D eigenvalue weighted by Gasteiger charge is -2.25. The summed E-state index contributed by atoms with van der Waals surface area (Å²) in [6.45, 7) is 3.01. The number of nitrogens with zero attached hydrogens (tertiary/aromatic N) is 2. The van der Waals surface area contributed by atoms with Gasteiger partial charge in [0, 0.05) is 36.3 Å². The number of hydrogen-bond donors (Lipinski definition) is 1. The van der Waals surface area contributed by atoms with Crippen molar-refractivity contribution >= 4 is 27.4 Å². The zero-order valence-electron chi connectivity index (χ0n) is 11.2. The first-order valence-corrected chi connectivity index (χ1v) is 7.61. The van der Waals surface area contributed by atoms with E-state index in [-0.39, 0.29) is 0 Å². The number of rotatable bonds is 3. The lowest BCUT2D eigenvalue weighted by molar-refractivity contribution is 0.447. The van der Waals surface area contributed by atoms with E-state index < -0.39 is 0 Å². The minimum Gasteiger partial charge on any atom is -0.356 e. The molecule has 19 heavy (non-hydrogen) atoms. The highest BCUT2D eigenvalue weighted by Gasteiger charge is 2.10. The Balaban J connectivity index is 1.58. The largest absolute Gasteiger partial charge is 0.356 e. The molecule has 2 heterocycles. The van der Waals surface area contributed by atoms with Gasteiger partial charge in [-0.25, -0.2) is 0 Å². The maximum atomic E-state index is 4.52. The van der Waals surface area contributed by atoms with Crippen LogP contribution in [0.3, 0.4) is 0 Å². The molecule has 3 nitrogen and oxygen atoms in total. The Morgan fingerprint density at radius 3 is 3.11 bits per heavy atom. The summed E-state index contributed by atoms with van der Waals surface area (Å²) in [6, 6.07) is 10.9. The maximum Gasteiger partial charge on any atom is 0.193 e. The normalized spacial score (nSPS) is 15.6. The molecule has 1 N–H and O–H groups in total. The van der Waals surface area contributed by atoms with Crippen LogP contribution in [0.4, 0.5) is 0 Å². The first-order chi connectivity index (χ1) is 9.33. The van der Waals surface area contributed by atoms with Gasteiger partial charge in [0.05, 0.1) is 0 Å². The van der Waals surface area contributed by atoms with Gasteiger partial charge in [0.15, 0.2) is 5.96 Å². The average Bonchev–Trinajstić information content (AvgIpc) is 2.83. The molecule has 0 saturated heterocycles. The highest BCUT2D eigenvalue weighted by molar-refractivity contribution is 7.19. The molecule has 3 rings (SSSR count). The first-order valence-electron chi connectivity index (χ1n) is 6.80. The number of benzene rings is 1. The van der Waals surface area contributed by atoms with Crippen LogP contribution >= 0.6 is 11.3 Å². The number of thiophene rings is 1. The maximum absolute atomic E-state index is 4.52. The molecular weight excluding hydrogens is 254 g/mol. The average molecular weight is 273 g/mol. The van der Waals surface area contributed by atoms with Gasteiger partial charge in [-0.1, -0.05) is 18.2 Å². The number of nitrogens with one attached hydrogen (secondary N) is 1. The highest BCUT2D eigenvalue weighted by Crippen LogP contribution is 2.25. The molecule has 0 saturated carbocycles. The van der Waals surface area contributed by atoms with E-state index >= 15 is 0 Å². The van der Waals surface area contributed by atoms with Gasteiger partial charge >= 0.3 is 0 Å². The van der Waals surface area contributed by atoms with E-state index in [4.69, 9.17) is 0 Å². The molecule has 1 aromatic heterocycles. The third-order valence-corrected chi connectivity index (χ3v) is 4.58. The fourth-order valence-corrected chi connectivity index (χ4v) is 3.43. The van der Waals surface area contributed by atoms with E-state index in [1.165, 1.54) is 15.0 Å². The quantitative estimate of drug-likeness (QED) is 0.931. The number of guanidine groups is 1. The van der Waals surface area contributed by atoms with Crippen molar-refractivity contribution < 1.29 is 0 Å². The van der Waals surface area contributed by atoms with E-state index in [9.17, 15) is 0 Å². The SMILES string of the molecule is CN1CCCN=C1NCCc1cc2ccccc2s1. The monoisotopic (exact) mass is 273 g/mol. The summed E-state index contributed by atoms with van der Waals surface area (Å²) in [4.78, 5) is 8.16. The van der Waals surface area contributed by atoms with Crippen LogP contribution < -0.4 is 5.32 Å². The Labute approximate surface area is 118 Å². The predicted octanol–water partition coefficient (Wildman–Crippen LogP) is 2.72. The van der Waals surface area contributed by atoms with Gasteiger partial charge in [0.1, 0.15) is 0 Å². The van der Waals surface area contributed by atoms with Gasteiger partial charge in [0.25, 0.3) is 0 Å². The summed E-state index contributed by atoms with van der Waals surface area (Å²) in [5, 5.41) is 4.80. The Morgan fingerprint density at radius 1 is 1.37 bits per heavy atom. The molecule has 0 radical (unpaired) electrons. The standard InChI is InChI=1S/C15H19N3S/c1-18-10-4-8-16-15(18)17-9-7-13-11-12-5-2-3-6-14(12)19-13/h2-3,5-6,11H,4,7-10H2,1H3,(H,16,17). The minimum atomic E-state index is 0.954. The molecule has 0 unspecified atom stereocenters. The Morgan fingerprint density at radius 2 is 2.26 bits per heavy atom. The first kappa shape index (κ1) is 12.5. The molecule has 2 aromatic rings. The molecule has 0 aliphatic carbocycles. The van der Waals surface area contributed by atoms with E-state index in [1.54, 1.807) is 0 Å². The number of aliphatic imine (C=N–C) groups is 1. The van der Waals surface area contributed by atoms with Crippen molar-refractivity contribution in [3.8, 4) is 0 Å². The Kier molecular flexibility index (Phi) is 3.69. The van der Waals surface area contributed by atoms with Crippen molar-refractivity contribution in [2.45, 2.75) is 12.8 Å². The molecule has 1 aromatic carbocycles. The van der Waals surface area contributed by atoms with Crippen LogP contribution in [0.5, 0.6) is 0 Å². The van der Waals surface area contributed by atoms with Crippen LogP contribution in [0.2, 0.25) is 0 Å². The lowest BCUT2D eigenvalue weighted by atomic mass is 10.2. The van der Waals surface area contributed by atoms with Crippen molar-refractivity contribution in [3.05, 3.63) is 35.2 Å². The summed E-state index contributed by atoms with van der Waals surface area (Å²) in [7, 11) is 2.10. The van der Waals surface area contributed by atoms with Crippen LogP contribution in [0.25, 0.3) is 10.1 Å². The summed E-state index contributed by atoms with van der Waals surface area (Å²) in [6.07, 6.45) is 2.23. The Bertz CT molecular complexity index is 555. The van der Waals surface area contributed by atoms with Gasteiger partial charge in [0.2, 0.25) is 0 Å². The third kappa shape index (κ3) is 2.89. The molecule has 0 bridgehead atoms. The summed E-state index contributed by atoms with van der Waals surface area (Å²) >= 11 is 1.89. The van der Waals surface area contributed by atoms with Crippen molar-refractivity contribution in [1.29, 1.82) is 0 Å². The molecule has 4 heteroatoms. The van der Waals surface area contributed by atoms with Gasteiger partial charge in [-0.05, 0) is 30.4 Å². The molecule has 0 atom stereocenters. The molecule has 1 aliphatic rings. The van der Waals surface area contributed by atoms with Crippen molar-refractivity contribution in [1.82, 2.24) is 10.2 Å². The van der Waals surface area contributed by atoms with Crippen molar-refractivity contribution in [3.63, 3.8) is 0 Å². The van der Waals surface area contributed by atoms with E-state index in [1.807, 2.05) is 11.3 Å². The third-order valence-electron chi connectivity index (χ3n) is 3.41. The van der Waals surface area contributed by atoms with E-state index in [0.29, 0.717) is 0 Å². The fourth-order valence-electron chi connectivity index (χ4n) is 2.37. The van der Waals surface area contributed by atoms with Crippen LogP contribution in [0.1, 0.15) is 11.3 Å². The van der Waals surface area contributed by atoms with Gasteiger partial charge in [-0.15, -0.1) is 11.3 Å². The zero-order valence-corrected chi connectivity index (χ0v) is 12.0. The molecule has 0 fully saturated rings. The van der Waals surface area contributed by atoms with Crippen LogP contribution in [-0.2, 0) is 6.42 Å². The van der Waals surface area contributed by atoms with Gasteiger partial charge < -0.3 is 10.2 Å². The zero-order chi connectivity index (χ0) is 13.1. The number of fused-ring (bicyclic) bond motifs is 1. The molecule has 100 valence electrons.